The summed E-state index contributed by atoms with van der Waals surface area (Å²) in [6, 6.07) is 8.36. The highest BCUT2D eigenvalue weighted by Gasteiger charge is 2.42. The molecular weight excluding hydrogens is 489 g/mol. The fourth-order valence-corrected chi connectivity index (χ4v) is 6.73. The summed E-state index contributed by atoms with van der Waals surface area (Å²) in [5.74, 6) is -0.150. The summed E-state index contributed by atoms with van der Waals surface area (Å²) in [5, 5.41) is 12.7. The molecule has 0 spiro atoms. The van der Waals surface area contributed by atoms with Gasteiger partial charge < -0.3 is 19.9 Å². The van der Waals surface area contributed by atoms with E-state index >= 15 is 0 Å². The molecule has 5 nitrogen and oxygen atoms in total. The zero-order chi connectivity index (χ0) is 26.4. The van der Waals surface area contributed by atoms with Crippen molar-refractivity contribution in [3.63, 3.8) is 0 Å². The van der Waals surface area contributed by atoms with Crippen LogP contribution in [0.4, 0.5) is 24.5 Å². The van der Waals surface area contributed by atoms with Crippen LogP contribution in [0.1, 0.15) is 75.0 Å². The van der Waals surface area contributed by atoms with Crippen molar-refractivity contribution >= 4 is 22.4 Å². The van der Waals surface area contributed by atoms with Gasteiger partial charge in [0.1, 0.15) is 5.56 Å². The molecular formula is C30H35F3N4O. The van der Waals surface area contributed by atoms with Crippen LogP contribution in [0.2, 0.25) is 0 Å². The summed E-state index contributed by atoms with van der Waals surface area (Å²) in [5.41, 5.74) is 4.07. The van der Waals surface area contributed by atoms with Crippen molar-refractivity contribution in [2.45, 2.75) is 70.0 Å². The molecule has 2 atom stereocenters. The number of fused-ring (bicyclic) bond motifs is 2. The Labute approximate surface area is 221 Å². The maximum atomic E-state index is 14.7. The Kier molecular flexibility index (Phi) is 6.62. The standard InChI is InChI=1S/C30H35F3N4O/c1-2-20-10-12-34-29-27(20)23(15-26(28(29)30(31,32)33)36-13-11-19(16-36)17-38)21-8-9-25-24(14-21)35-18-37(25)22-6-4-3-5-7-22/h8-10,12,14-15,18-20,22,34,38H,2-7,11,13,16-17H2,1H3/t19-,20?/m0/s1. The van der Waals surface area contributed by atoms with Gasteiger partial charge in [0, 0.05) is 37.6 Å². The van der Waals surface area contributed by atoms with E-state index in [0.29, 0.717) is 37.5 Å². The van der Waals surface area contributed by atoms with Crippen LogP contribution in [-0.2, 0) is 6.18 Å². The predicted octanol–water partition coefficient (Wildman–Crippen LogP) is 7.48. The van der Waals surface area contributed by atoms with Gasteiger partial charge in [-0.3, -0.25) is 0 Å². The fourth-order valence-electron chi connectivity index (χ4n) is 6.73. The molecule has 6 rings (SSSR count). The number of aliphatic hydroxyl groups is 1. The zero-order valence-electron chi connectivity index (χ0n) is 21.8. The Balaban J connectivity index is 1.52. The summed E-state index contributed by atoms with van der Waals surface area (Å²) in [6.07, 6.45) is 8.45. The largest absolute Gasteiger partial charge is 0.420 e. The number of allylic oxidation sites excluding steroid dienone is 1. The average Bonchev–Trinajstić information content (AvgIpc) is 3.58. The Morgan fingerprint density at radius 3 is 2.63 bits per heavy atom. The van der Waals surface area contributed by atoms with Crippen molar-refractivity contribution in [1.82, 2.24) is 9.55 Å². The minimum atomic E-state index is -4.52. The maximum Gasteiger partial charge on any atom is 0.420 e. The molecule has 1 aliphatic carbocycles. The summed E-state index contributed by atoms with van der Waals surface area (Å²) in [4.78, 5) is 6.52. The van der Waals surface area contributed by atoms with Gasteiger partial charge in [-0.1, -0.05) is 38.3 Å². The smallest absolute Gasteiger partial charge is 0.396 e. The number of benzene rings is 2. The predicted molar refractivity (Wildman–Crippen MR) is 145 cm³/mol. The summed E-state index contributed by atoms with van der Waals surface area (Å²) in [7, 11) is 0. The summed E-state index contributed by atoms with van der Waals surface area (Å²) in [6.45, 7) is 2.89. The van der Waals surface area contributed by atoms with Crippen LogP contribution in [0.15, 0.2) is 42.9 Å². The molecule has 0 amide bonds. The third-order valence-electron chi connectivity index (χ3n) is 8.74. The number of nitrogens with zero attached hydrogens (tertiary/aromatic N) is 3. The molecule has 3 aromatic rings. The van der Waals surface area contributed by atoms with Crippen LogP contribution in [0.25, 0.3) is 22.2 Å². The lowest BCUT2D eigenvalue weighted by atomic mass is 9.83. The van der Waals surface area contributed by atoms with Gasteiger partial charge in [0.15, 0.2) is 0 Å². The molecule has 1 saturated heterocycles. The molecule has 0 radical (unpaired) electrons. The second-order valence-corrected chi connectivity index (χ2v) is 11.1. The van der Waals surface area contributed by atoms with Crippen LogP contribution >= 0.6 is 0 Å². The normalized spacial score (nSPS) is 22.2. The number of nitrogens with one attached hydrogen (secondary N) is 1. The summed E-state index contributed by atoms with van der Waals surface area (Å²) >= 11 is 0. The van der Waals surface area contributed by atoms with Gasteiger partial charge >= 0.3 is 6.18 Å². The van der Waals surface area contributed by atoms with Gasteiger partial charge in [0.25, 0.3) is 0 Å². The van der Waals surface area contributed by atoms with Crippen molar-refractivity contribution in [1.29, 1.82) is 0 Å². The molecule has 1 saturated carbocycles. The van der Waals surface area contributed by atoms with E-state index in [2.05, 4.69) is 16.0 Å². The van der Waals surface area contributed by atoms with Crippen molar-refractivity contribution in [3.05, 3.63) is 54.0 Å². The van der Waals surface area contributed by atoms with Gasteiger partial charge in [-0.2, -0.15) is 13.2 Å². The van der Waals surface area contributed by atoms with Crippen molar-refractivity contribution < 1.29 is 18.3 Å². The van der Waals surface area contributed by atoms with Gasteiger partial charge in [-0.25, -0.2) is 4.98 Å². The number of imidazole rings is 1. The van der Waals surface area contributed by atoms with Crippen LogP contribution in [-0.4, -0.2) is 34.4 Å². The number of hydrogen-bond donors (Lipinski definition) is 2. The first-order valence-corrected chi connectivity index (χ1v) is 13.9. The number of aromatic nitrogens is 2. The highest BCUT2D eigenvalue weighted by Crippen LogP contribution is 2.51. The monoisotopic (exact) mass is 524 g/mol. The maximum absolute atomic E-state index is 14.7. The molecule has 2 N–H and O–H groups in total. The molecule has 38 heavy (non-hydrogen) atoms. The van der Waals surface area contributed by atoms with Crippen LogP contribution in [0.3, 0.4) is 0 Å². The van der Waals surface area contributed by atoms with Gasteiger partial charge in [0.05, 0.1) is 28.7 Å². The molecule has 1 unspecified atom stereocenters. The molecule has 2 aliphatic heterocycles. The second kappa shape index (κ2) is 9.95. The first kappa shape index (κ1) is 25.3. The topological polar surface area (TPSA) is 53.3 Å². The molecule has 3 heterocycles. The van der Waals surface area contributed by atoms with E-state index in [4.69, 9.17) is 4.98 Å². The number of rotatable bonds is 5. The number of alkyl halides is 3. The van der Waals surface area contributed by atoms with E-state index in [9.17, 15) is 18.3 Å². The van der Waals surface area contributed by atoms with Crippen molar-refractivity contribution in [3.8, 4) is 11.1 Å². The van der Waals surface area contributed by atoms with E-state index in [1.807, 2.05) is 31.5 Å². The zero-order valence-corrected chi connectivity index (χ0v) is 21.8. The molecule has 2 fully saturated rings. The van der Waals surface area contributed by atoms with Crippen molar-refractivity contribution in [2.24, 2.45) is 5.92 Å². The Hall–Kier alpha value is -3.00. The highest BCUT2D eigenvalue weighted by molar-refractivity contribution is 5.89. The number of aliphatic hydroxyl groups excluding tert-OH is 1. The first-order chi connectivity index (χ1) is 18.4. The molecule has 202 valence electrons. The highest BCUT2D eigenvalue weighted by atomic mass is 19.4. The number of halogens is 3. The number of hydrogen-bond acceptors (Lipinski definition) is 4. The quantitative estimate of drug-likeness (QED) is 0.363. The van der Waals surface area contributed by atoms with Crippen molar-refractivity contribution in [2.75, 3.05) is 29.9 Å². The molecule has 8 heteroatoms. The Bertz CT molecular complexity index is 1360. The van der Waals surface area contributed by atoms with E-state index in [1.165, 1.54) is 19.3 Å². The van der Waals surface area contributed by atoms with Gasteiger partial charge in [0.2, 0.25) is 0 Å². The molecule has 1 aromatic heterocycles. The Morgan fingerprint density at radius 2 is 1.92 bits per heavy atom. The first-order valence-electron chi connectivity index (χ1n) is 13.9. The third kappa shape index (κ3) is 4.36. The lowest BCUT2D eigenvalue weighted by Crippen LogP contribution is -2.26. The second-order valence-electron chi connectivity index (χ2n) is 11.1. The average molecular weight is 525 g/mol. The minimum Gasteiger partial charge on any atom is -0.396 e. The van der Waals surface area contributed by atoms with Gasteiger partial charge in [-0.05, 0) is 66.8 Å². The SMILES string of the molecule is CCC1C=CNc2c1c(-c1ccc3c(c1)ncn3C1CCCCC1)cc(N1CC[C@H](CO)C1)c2C(F)(F)F. The molecule has 2 aromatic carbocycles. The lowest BCUT2D eigenvalue weighted by Gasteiger charge is -2.32. The third-order valence-corrected chi connectivity index (χ3v) is 8.74. The van der Waals surface area contributed by atoms with E-state index in [0.717, 1.165) is 35.0 Å². The van der Waals surface area contributed by atoms with E-state index in [-0.39, 0.29) is 29.8 Å². The van der Waals surface area contributed by atoms with Crippen LogP contribution in [0, 0.1) is 5.92 Å². The van der Waals surface area contributed by atoms with E-state index in [1.54, 1.807) is 17.2 Å². The molecule has 3 aliphatic rings. The van der Waals surface area contributed by atoms with Crippen LogP contribution < -0.4 is 10.2 Å². The minimum absolute atomic E-state index is 0.0190. The van der Waals surface area contributed by atoms with Gasteiger partial charge in [-0.15, -0.1) is 0 Å². The number of anilines is 2. The van der Waals surface area contributed by atoms with E-state index < -0.39 is 11.7 Å². The Morgan fingerprint density at radius 1 is 1.11 bits per heavy atom. The summed E-state index contributed by atoms with van der Waals surface area (Å²) < 4.78 is 46.3. The van der Waals surface area contributed by atoms with Crippen LogP contribution in [0.5, 0.6) is 0 Å². The molecule has 0 bridgehead atoms. The fraction of sp³-hybridized carbons (Fsp3) is 0.500. The lowest BCUT2D eigenvalue weighted by molar-refractivity contribution is -0.136.